The van der Waals surface area contributed by atoms with Crippen molar-refractivity contribution in [2.75, 3.05) is 19.1 Å². The van der Waals surface area contributed by atoms with E-state index in [2.05, 4.69) is 45.0 Å². The van der Waals surface area contributed by atoms with Crippen LogP contribution in [0.3, 0.4) is 0 Å². The van der Waals surface area contributed by atoms with Gasteiger partial charge >= 0.3 is 0 Å². The van der Waals surface area contributed by atoms with Gasteiger partial charge in [0, 0.05) is 23.3 Å². The van der Waals surface area contributed by atoms with E-state index in [1.807, 2.05) is 18.0 Å². The third-order valence-corrected chi connectivity index (χ3v) is 6.52. The lowest BCUT2D eigenvalue weighted by atomic mass is 10.2. The van der Waals surface area contributed by atoms with Crippen molar-refractivity contribution in [3.63, 3.8) is 0 Å². The van der Waals surface area contributed by atoms with E-state index < -0.39 is 0 Å². The molecule has 1 unspecified atom stereocenters. The van der Waals surface area contributed by atoms with Crippen LogP contribution in [0.2, 0.25) is 0 Å². The highest BCUT2D eigenvalue weighted by atomic mass is 79.9. The lowest BCUT2D eigenvalue weighted by molar-refractivity contribution is 0.0748. The molecule has 1 aromatic heterocycles. The molecule has 0 aliphatic heterocycles. The number of halogens is 2. The summed E-state index contributed by atoms with van der Waals surface area (Å²) in [4.78, 5) is 14.9. The van der Waals surface area contributed by atoms with E-state index in [1.54, 1.807) is 11.8 Å². The molecule has 2 nitrogen and oxygen atoms in total. The molecule has 0 saturated carbocycles. The van der Waals surface area contributed by atoms with Crippen LogP contribution in [0.5, 0.6) is 0 Å². The van der Waals surface area contributed by atoms with Gasteiger partial charge in [-0.3, -0.25) is 4.79 Å². The number of carbonyl (C=O) groups is 1. The first-order valence-electron chi connectivity index (χ1n) is 5.22. The second-order valence-corrected chi connectivity index (χ2v) is 7.80. The van der Waals surface area contributed by atoms with Crippen LogP contribution in [0.4, 0.5) is 0 Å². The number of carbonyl (C=O) groups excluding carboxylic acids is 1. The smallest absolute Gasteiger partial charge is 0.264 e. The Balaban J connectivity index is 2.81. The summed E-state index contributed by atoms with van der Waals surface area (Å²) in [5.74, 6) is 1.08. The largest absolute Gasteiger partial charge is 0.337 e. The Morgan fingerprint density at radius 1 is 1.59 bits per heavy atom. The SMILES string of the molecule is CCC(CSC)N(C)C(=O)c1cc(Br)c(Br)s1. The molecule has 0 spiro atoms. The third-order valence-electron chi connectivity index (χ3n) is 2.55. The Morgan fingerprint density at radius 2 is 2.24 bits per heavy atom. The van der Waals surface area contributed by atoms with Crippen molar-refractivity contribution >= 4 is 60.9 Å². The van der Waals surface area contributed by atoms with Crippen LogP contribution in [0.15, 0.2) is 14.3 Å². The third kappa shape index (κ3) is 3.98. The maximum Gasteiger partial charge on any atom is 0.264 e. The van der Waals surface area contributed by atoms with Crippen LogP contribution in [-0.4, -0.2) is 35.9 Å². The molecule has 0 bridgehead atoms. The molecular weight excluding hydrogens is 386 g/mol. The van der Waals surface area contributed by atoms with Crippen LogP contribution >= 0.6 is 55.0 Å². The van der Waals surface area contributed by atoms with E-state index in [9.17, 15) is 4.79 Å². The molecule has 1 atom stereocenters. The highest BCUT2D eigenvalue weighted by Crippen LogP contribution is 2.33. The summed E-state index contributed by atoms with van der Waals surface area (Å²) in [7, 11) is 1.88. The number of hydrogen-bond acceptors (Lipinski definition) is 3. The second kappa shape index (κ2) is 7.16. The Labute approximate surface area is 127 Å². The second-order valence-electron chi connectivity index (χ2n) is 3.67. The van der Waals surface area contributed by atoms with Gasteiger partial charge in [-0.15, -0.1) is 11.3 Å². The minimum Gasteiger partial charge on any atom is -0.337 e. The Morgan fingerprint density at radius 3 is 2.65 bits per heavy atom. The molecule has 1 aromatic rings. The zero-order valence-corrected chi connectivity index (χ0v) is 14.8. The van der Waals surface area contributed by atoms with Crippen LogP contribution < -0.4 is 0 Å². The van der Waals surface area contributed by atoms with E-state index in [-0.39, 0.29) is 5.91 Å². The minimum atomic E-state index is 0.0994. The molecule has 0 N–H and O–H groups in total. The number of rotatable bonds is 5. The molecule has 1 amide bonds. The lowest BCUT2D eigenvalue weighted by Crippen LogP contribution is -2.37. The summed E-state index contributed by atoms with van der Waals surface area (Å²) in [6, 6.07) is 2.18. The summed E-state index contributed by atoms with van der Waals surface area (Å²) >= 11 is 10.1. The van der Waals surface area contributed by atoms with E-state index in [4.69, 9.17) is 0 Å². The Bertz CT molecular complexity index is 375. The molecule has 0 aliphatic carbocycles. The fourth-order valence-electron chi connectivity index (χ4n) is 1.49. The zero-order chi connectivity index (χ0) is 13.0. The lowest BCUT2D eigenvalue weighted by Gasteiger charge is -2.26. The Kier molecular flexibility index (Phi) is 6.55. The van der Waals surface area contributed by atoms with Gasteiger partial charge in [0.25, 0.3) is 5.91 Å². The highest BCUT2D eigenvalue weighted by Gasteiger charge is 2.21. The van der Waals surface area contributed by atoms with Crippen LogP contribution in [0.25, 0.3) is 0 Å². The monoisotopic (exact) mass is 399 g/mol. The van der Waals surface area contributed by atoms with Crippen molar-refractivity contribution in [3.8, 4) is 0 Å². The molecule has 6 heteroatoms. The van der Waals surface area contributed by atoms with E-state index in [0.29, 0.717) is 6.04 Å². The van der Waals surface area contributed by atoms with Crippen molar-refractivity contribution in [3.05, 3.63) is 19.2 Å². The minimum absolute atomic E-state index is 0.0994. The van der Waals surface area contributed by atoms with Gasteiger partial charge in [0.15, 0.2) is 0 Å². The first kappa shape index (κ1) is 15.5. The summed E-state index contributed by atoms with van der Waals surface area (Å²) in [5.41, 5.74) is 0. The molecular formula is C11H15Br2NOS2. The van der Waals surface area contributed by atoms with Gasteiger partial charge in [0.05, 0.1) is 8.66 Å². The van der Waals surface area contributed by atoms with Crippen molar-refractivity contribution in [1.82, 2.24) is 4.90 Å². The predicted octanol–water partition coefficient (Wildman–Crippen LogP) is 4.49. The average Bonchev–Trinajstić information content (AvgIpc) is 2.64. The molecule has 1 rings (SSSR count). The quantitative estimate of drug-likeness (QED) is 0.725. The molecule has 17 heavy (non-hydrogen) atoms. The van der Waals surface area contributed by atoms with Crippen molar-refractivity contribution in [2.45, 2.75) is 19.4 Å². The van der Waals surface area contributed by atoms with Gasteiger partial charge in [-0.2, -0.15) is 11.8 Å². The van der Waals surface area contributed by atoms with Gasteiger partial charge in [0.2, 0.25) is 0 Å². The molecule has 96 valence electrons. The van der Waals surface area contributed by atoms with Crippen molar-refractivity contribution in [1.29, 1.82) is 0 Å². The average molecular weight is 401 g/mol. The fraction of sp³-hybridized carbons (Fsp3) is 0.545. The van der Waals surface area contributed by atoms with E-state index >= 15 is 0 Å². The van der Waals surface area contributed by atoms with Crippen LogP contribution in [0.1, 0.15) is 23.0 Å². The number of thiophene rings is 1. The van der Waals surface area contributed by atoms with Crippen LogP contribution in [0, 0.1) is 0 Å². The molecule has 0 radical (unpaired) electrons. The summed E-state index contributed by atoms with van der Waals surface area (Å²) in [6.45, 7) is 2.12. The van der Waals surface area contributed by atoms with Gasteiger partial charge in [0.1, 0.15) is 0 Å². The van der Waals surface area contributed by atoms with Gasteiger partial charge in [-0.1, -0.05) is 6.92 Å². The summed E-state index contributed by atoms with van der Waals surface area (Å²) in [5, 5.41) is 0. The highest BCUT2D eigenvalue weighted by molar-refractivity contribution is 9.13. The zero-order valence-electron chi connectivity index (χ0n) is 10.00. The first-order chi connectivity index (χ1) is 8.01. The van der Waals surface area contributed by atoms with Gasteiger partial charge in [-0.05, 0) is 50.6 Å². The number of hydrogen-bond donors (Lipinski definition) is 0. The number of thioether (sulfide) groups is 1. The van der Waals surface area contributed by atoms with E-state index in [0.717, 1.165) is 25.3 Å². The first-order valence-corrected chi connectivity index (χ1v) is 9.01. The molecule has 0 saturated heterocycles. The Hall–Kier alpha value is 0.480. The molecule has 0 aromatic carbocycles. The van der Waals surface area contributed by atoms with Gasteiger partial charge < -0.3 is 4.90 Å². The number of amides is 1. The van der Waals surface area contributed by atoms with Gasteiger partial charge in [-0.25, -0.2) is 0 Å². The maximum absolute atomic E-state index is 12.3. The van der Waals surface area contributed by atoms with E-state index in [1.165, 1.54) is 11.3 Å². The molecule has 0 aliphatic rings. The standard InChI is InChI=1S/C11H15Br2NOS2/c1-4-7(6-16-3)14(2)11(15)9-5-8(12)10(13)17-9/h5,7H,4,6H2,1-3H3. The van der Waals surface area contributed by atoms with Crippen LogP contribution in [-0.2, 0) is 0 Å². The topological polar surface area (TPSA) is 20.3 Å². The van der Waals surface area contributed by atoms with Crippen molar-refractivity contribution in [2.24, 2.45) is 0 Å². The maximum atomic E-state index is 12.3. The van der Waals surface area contributed by atoms with Crippen molar-refractivity contribution < 1.29 is 4.79 Å². The predicted molar refractivity (Wildman–Crippen MR) is 84.3 cm³/mol. The number of nitrogens with zero attached hydrogens (tertiary/aromatic N) is 1. The fourth-order valence-corrected chi connectivity index (χ4v) is 4.35. The molecule has 0 fully saturated rings. The normalized spacial score (nSPS) is 12.5. The summed E-state index contributed by atoms with van der Waals surface area (Å²) in [6.07, 6.45) is 3.05. The summed E-state index contributed by atoms with van der Waals surface area (Å²) < 4.78 is 1.91. The molecule has 1 heterocycles.